The molecule has 1 heterocycles. The largest absolute Gasteiger partial charge is 0.464 e. The van der Waals surface area contributed by atoms with Gasteiger partial charge in [-0.25, -0.2) is 14.4 Å². The average Bonchev–Trinajstić information content (AvgIpc) is 3.08. The molecule has 1 amide bonds. The molecular formula is C14H20F3NO6. The zero-order chi connectivity index (χ0) is 18.9. The lowest BCUT2D eigenvalue weighted by molar-refractivity contribution is -0.195. The van der Waals surface area contributed by atoms with Crippen molar-refractivity contribution in [1.82, 2.24) is 4.90 Å². The molecule has 0 radical (unpaired) electrons. The Hall–Kier alpha value is -2.00. The van der Waals surface area contributed by atoms with Gasteiger partial charge in [0.2, 0.25) is 0 Å². The third-order valence-corrected chi connectivity index (χ3v) is 3.09. The number of amides is 1. The van der Waals surface area contributed by atoms with Gasteiger partial charge in [-0.05, 0) is 34.6 Å². The zero-order valence-electron chi connectivity index (χ0n) is 14.0. The lowest BCUT2D eigenvalue weighted by atomic mass is 10.0. The minimum atomic E-state index is -5.24. The van der Waals surface area contributed by atoms with Crippen LogP contribution in [0.2, 0.25) is 0 Å². The van der Waals surface area contributed by atoms with E-state index in [0.717, 1.165) is 0 Å². The van der Waals surface area contributed by atoms with Crippen molar-refractivity contribution in [3.05, 3.63) is 0 Å². The molecule has 0 aromatic carbocycles. The molecule has 1 rings (SSSR count). The van der Waals surface area contributed by atoms with E-state index in [9.17, 15) is 27.6 Å². The molecule has 10 heteroatoms. The number of rotatable bonds is 4. The van der Waals surface area contributed by atoms with E-state index < -0.39 is 41.4 Å². The molecule has 0 saturated carbocycles. The van der Waals surface area contributed by atoms with Crippen LogP contribution in [0.3, 0.4) is 0 Å². The molecule has 0 spiro atoms. The topological polar surface area (TPSA) is 81.9 Å². The molecule has 1 fully saturated rings. The van der Waals surface area contributed by atoms with Gasteiger partial charge in [0.15, 0.2) is 6.04 Å². The summed E-state index contributed by atoms with van der Waals surface area (Å²) in [6, 6.07) is -2.17. The van der Waals surface area contributed by atoms with E-state index in [1.54, 1.807) is 0 Å². The van der Waals surface area contributed by atoms with Crippen LogP contribution >= 0.6 is 0 Å². The Balaban J connectivity index is 3.32. The van der Waals surface area contributed by atoms with Crippen molar-refractivity contribution in [3.63, 3.8) is 0 Å². The number of alkyl halides is 3. The van der Waals surface area contributed by atoms with Crippen LogP contribution in [-0.4, -0.2) is 59.5 Å². The van der Waals surface area contributed by atoms with Crippen LogP contribution in [0.1, 0.15) is 34.6 Å². The standard InChI is InChI=1S/C14H20F3NO6/c1-6-22-9(19)8-13(14(15,16)17,10(20)23-7-2)18(8)11(21)24-12(3,4)5/h8H,6-7H2,1-5H3/t8-,13-,18?/m1/s1. The monoisotopic (exact) mass is 355 g/mol. The Morgan fingerprint density at radius 3 is 1.92 bits per heavy atom. The van der Waals surface area contributed by atoms with Gasteiger partial charge in [0.1, 0.15) is 5.60 Å². The summed E-state index contributed by atoms with van der Waals surface area (Å²) in [5, 5.41) is 0. The normalized spacial score (nSPS) is 23.5. The zero-order valence-corrected chi connectivity index (χ0v) is 14.0. The van der Waals surface area contributed by atoms with Gasteiger partial charge in [-0.1, -0.05) is 0 Å². The number of hydrogen-bond acceptors (Lipinski definition) is 6. The summed E-state index contributed by atoms with van der Waals surface area (Å²) in [6.07, 6.45) is -6.70. The number of esters is 2. The van der Waals surface area contributed by atoms with Crippen LogP contribution in [0.25, 0.3) is 0 Å². The Labute approximate surface area is 137 Å². The molecular weight excluding hydrogens is 335 g/mol. The highest BCUT2D eigenvalue weighted by Crippen LogP contribution is 2.54. The number of halogens is 3. The molecule has 1 aliphatic rings. The molecule has 0 aromatic heterocycles. The molecule has 0 aromatic rings. The summed E-state index contributed by atoms with van der Waals surface area (Å²) in [5.74, 6) is -3.10. The first-order chi connectivity index (χ1) is 10.8. The summed E-state index contributed by atoms with van der Waals surface area (Å²) < 4.78 is 54.7. The molecule has 0 N–H and O–H groups in total. The third-order valence-electron chi connectivity index (χ3n) is 3.09. The molecule has 138 valence electrons. The summed E-state index contributed by atoms with van der Waals surface area (Å²) >= 11 is 0. The predicted octanol–water partition coefficient (Wildman–Crippen LogP) is 2.03. The van der Waals surface area contributed by atoms with Gasteiger partial charge in [0, 0.05) is 0 Å². The highest BCUT2D eigenvalue weighted by Gasteiger charge is 2.88. The van der Waals surface area contributed by atoms with Gasteiger partial charge in [-0.2, -0.15) is 13.2 Å². The molecule has 1 saturated heterocycles. The number of carbonyl (C=O) groups is 3. The second-order valence-corrected chi connectivity index (χ2v) is 5.99. The smallest absolute Gasteiger partial charge is 0.425 e. The molecule has 0 aliphatic carbocycles. The Bertz CT molecular complexity index is 528. The Kier molecular flexibility index (Phi) is 5.41. The Morgan fingerprint density at radius 2 is 1.54 bits per heavy atom. The van der Waals surface area contributed by atoms with Gasteiger partial charge in [0.05, 0.1) is 13.2 Å². The highest BCUT2D eigenvalue weighted by molar-refractivity contribution is 6.04. The number of ether oxygens (including phenoxy) is 3. The van der Waals surface area contributed by atoms with Gasteiger partial charge in [-0.3, -0.25) is 4.90 Å². The van der Waals surface area contributed by atoms with Gasteiger partial charge in [0.25, 0.3) is 5.54 Å². The molecule has 0 bridgehead atoms. The van der Waals surface area contributed by atoms with Crippen molar-refractivity contribution in [1.29, 1.82) is 0 Å². The van der Waals surface area contributed by atoms with Crippen molar-refractivity contribution < 1.29 is 41.8 Å². The van der Waals surface area contributed by atoms with E-state index in [2.05, 4.69) is 9.47 Å². The van der Waals surface area contributed by atoms with Crippen LogP contribution < -0.4 is 0 Å². The van der Waals surface area contributed by atoms with Gasteiger partial charge in [-0.15, -0.1) is 0 Å². The minimum Gasteiger partial charge on any atom is -0.464 e. The maximum absolute atomic E-state index is 13.6. The molecule has 0 unspecified atom stereocenters. The van der Waals surface area contributed by atoms with E-state index in [0.29, 0.717) is 0 Å². The van der Waals surface area contributed by atoms with Crippen LogP contribution in [0.5, 0.6) is 0 Å². The van der Waals surface area contributed by atoms with Crippen molar-refractivity contribution in [2.75, 3.05) is 13.2 Å². The van der Waals surface area contributed by atoms with Crippen LogP contribution in [-0.2, 0) is 23.8 Å². The molecule has 24 heavy (non-hydrogen) atoms. The quantitative estimate of drug-likeness (QED) is 0.436. The van der Waals surface area contributed by atoms with Crippen molar-refractivity contribution in [2.45, 2.75) is 58.0 Å². The average molecular weight is 355 g/mol. The maximum Gasteiger partial charge on any atom is 0.425 e. The lowest BCUT2D eigenvalue weighted by Crippen LogP contribution is -2.48. The second kappa shape index (κ2) is 6.48. The third kappa shape index (κ3) is 3.41. The fourth-order valence-corrected chi connectivity index (χ4v) is 2.21. The molecule has 7 nitrogen and oxygen atoms in total. The maximum atomic E-state index is 13.6. The van der Waals surface area contributed by atoms with E-state index in [4.69, 9.17) is 4.74 Å². The van der Waals surface area contributed by atoms with E-state index in [1.807, 2.05) is 0 Å². The summed E-state index contributed by atoms with van der Waals surface area (Å²) in [5.41, 5.74) is -4.55. The van der Waals surface area contributed by atoms with E-state index >= 15 is 0 Å². The van der Waals surface area contributed by atoms with Crippen molar-refractivity contribution in [2.24, 2.45) is 0 Å². The van der Waals surface area contributed by atoms with Gasteiger partial charge < -0.3 is 14.2 Å². The molecule has 1 aliphatic heterocycles. The van der Waals surface area contributed by atoms with Crippen molar-refractivity contribution >= 4 is 18.0 Å². The fourth-order valence-electron chi connectivity index (χ4n) is 2.21. The Morgan fingerprint density at radius 1 is 1.04 bits per heavy atom. The SMILES string of the molecule is CCOC(=O)[C@H]1N(C(=O)OC(C)(C)C)[C@]1(C(=O)OCC)C(F)(F)F. The van der Waals surface area contributed by atoms with Crippen molar-refractivity contribution in [3.8, 4) is 0 Å². The van der Waals surface area contributed by atoms with Crippen LogP contribution in [0.4, 0.5) is 18.0 Å². The minimum absolute atomic E-state index is 0.0221. The first-order valence-electron chi connectivity index (χ1n) is 7.27. The van der Waals surface area contributed by atoms with Crippen LogP contribution in [0.15, 0.2) is 0 Å². The summed E-state index contributed by atoms with van der Waals surface area (Å²) in [7, 11) is 0. The van der Waals surface area contributed by atoms with E-state index in [-0.39, 0.29) is 18.1 Å². The van der Waals surface area contributed by atoms with E-state index in [1.165, 1.54) is 34.6 Å². The number of nitrogens with zero attached hydrogens (tertiary/aromatic N) is 1. The fraction of sp³-hybridized carbons (Fsp3) is 0.786. The first kappa shape index (κ1) is 20.0. The second-order valence-electron chi connectivity index (χ2n) is 5.99. The molecule has 2 atom stereocenters. The van der Waals surface area contributed by atoms with Crippen LogP contribution in [0, 0.1) is 0 Å². The predicted molar refractivity (Wildman–Crippen MR) is 73.9 cm³/mol. The summed E-state index contributed by atoms with van der Waals surface area (Å²) in [6.45, 7) is 6.44. The highest BCUT2D eigenvalue weighted by atomic mass is 19.4. The van der Waals surface area contributed by atoms with Gasteiger partial charge >= 0.3 is 24.2 Å². The first-order valence-corrected chi connectivity index (χ1v) is 7.27. The number of hydrogen-bond donors (Lipinski definition) is 0. The summed E-state index contributed by atoms with van der Waals surface area (Å²) in [4.78, 5) is 36.0. The lowest BCUT2D eigenvalue weighted by Gasteiger charge is -2.22. The number of carbonyl (C=O) groups excluding carboxylic acids is 3.